The predicted molar refractivity (Wildman–Crippen MR) is 128 cm³/mol. The van der Waals surface area contributed by atoms with Crippen molar-refractivity contribution in [3.05, 3.63) is 11.8 Å². The Bertz CT molecular complexity index is 566. The third-order valence-electron chi connectivity index (χ3n) is 6.02. The minimum atomic E-state index is -1.94. The molecule has 0 spiro atoms. The molecule has 0 saturated carbocycles. The second kappa shape index (κ2) is 10.6. The molecule has 7 heteroatoms. The number of alkyl halides is 1. The lowest BCUT2D eigenvalue weighted by Gasteiger charge is -2.39. The maximum Gasteiger partial charge on any atom is 0.192 e. The minimum Gasteiger partial charge on any atom is -0.411 e. The highest BCUT2D eigenvalue weighted by atomic mass is 35.5. The maximum absolute atomic E-state index is 12.8. The van der Waals surface area contributed by atoms with Crippen LogP contribution >= 0.6 is 11.6 Å². The van der Waals surface area contributed by atoms with E-state index in [0.717, 1.165) is 6.42 Å². The average molecular weight is 463 g/mol. The lowest BCUT2D eigenvalue weighted by molar-refractivity contribution is -0.132. The molecule has 0 bridgehead atoms. The number of Topliss-reactive ketones (excluding diaryl/α,β-unsaturated/α-hetero) is 1. The summed E-state index contributed by atoms with van der Waals surface area (Å²) in [6.07, 6.45) is 2.53. The number of aliphatic hydroxyl groups is 1. The SMILES string of the molecule is CC[C@H]1O[C@@H](C(=O)C[C@H](O)[C@H](Cl)C/C=C\[Si](C)(C)C)C[C@H]1O[Si](C)(C)C(C)(C)C. The topological polar surface area (TPSA) is 55.8 Å². The van der Waals surface area contributed by atoms with Crippen molar-refractivity contribution < 1.29 is 19.1 Å². The molecule has 1 fully saturated rings. The number of carbonyl (C=O) groups excluding carboxylic acids is 1. The van der Waals surface area contributed by atoms with E-state index in [4.69, 9.17) is 20.8 Å². The van der Waals surface area contributed by atoms with E-state index < -0.39 is 34.0 Å². The van der Waals surface area contributed by atoms with Gasteiger partial charge in [-0.3, -0.25) is 4.79 Å². The van der Waals surface area contributed by atoms with Gasteiger partial charge in [0.05, 0.1) is 31.8 Å². The summed E-state index contributed by atoms with van der Waals surface area (Å²) >= 11 is 6.33. The molecule has 0 radical (unpaired) electrons. The fourth-order valence-corrected chi connectivity index (χ4v) is 5.53. The summed E-state index contributed by atoms with van der Waals surface area (Å²) in [5.41, 5.74) is 2.21. The Morgan fingerprint density at radius 1 is 1.28 bits per heavy atom. The Morgan fingerprint density at radius 2 is 1.86 bits per heavy atom. The van der Waals surface area contributed by atoms with E-state index >= 15 is 0 Å². The Labute approximate surface area is 185 Å². The first-order valence-corrected chi connectivity index (χ1v) is 17.9. The van der Waals surface area contributed by atoms with Crippen LogP contribution in [0.3, 0.4) is 0 Å². The lowest BCUT2D eigenvalue weighted by atomic mass is 10.0. The molecule has 0 aromatic carbocycles. The summed E-state index contributed by atoms with van der Waals surface area (Å²) in [7, 11) is -3.22. The molecule has 1 aliphatic rings. The molecular weight excluding hydrogens is 420 g/mol. The van der Waals surface area contributed by atoms with Gasteiger partial charge in [-0.05, 0) is 31.0 Å². The Kier molecular flexibility index (Phi) is 9.84. The van der Waals surface area contributed by atoms with Gasteiger partial charge in [-0.1, -0.05) is 59.1 Å². The van der Waals surface area contributed by atoms with Crippen molar-refractivity contribution in [1.29, 1.82) is 0 Å². The van der Waals surface area contributed by atoms with Crippen molar-refractivity contribution in [2.45, 2.75) is 121 Å². The first-order chi connectivity index (χ1) is 13.1. The number of allylic oxidation sites excluding steroid dienone is 1. The molecule has 0 unspecified atom stereocenters. The van der Waals surface area contributed by atoms with Crippen LogP contribution < -0.4 is 0 Å². The van der Waals surface area contributed by atoms with E-state index in [0.29, 0.717) is 12.8 Å². The van der Waals surface area contributed by atoms with Crippen LogP contribution in [0.2, 0.25) is 37.8 Å². The van der Waals surface area contributed by atoms with E-state index in [9.17, 15) is 9.90 Å². The van der Waals surface area contributed by atoms with E-state index in [1.165, 1.54) is 0 Å². The maximum atomic E-state index is 12.8. The number of carbonyl (C=O) groups is 1. The molecule has 1 N–H and O–H groups in total. The first kappa shape index (κ1) is 27.0. The summed E-state index contributed by atoms with van der Waals surface area (Å²) in [5, 5.41) is 10.1. The Hall–Kier alpha value is 0.0138. The molecule has 0 aliphatic carbocycles. The Balaban J connectivity index is 2.65. The zero-order valence-electron chi connectivity index (χ0n) is 19.9. The monoisotopic (exact) mass is 462 g/mol. The molecule has 29 heavy (non-hydrogen) atoms. The molecule has 170 valence electrons. The number of aliphatic hydroxyl groups excluding tert-OH is 1. The van der Waals surface area contributed by atoms with E-state index in [2.05, 4.69) is 66.1 Å². The highest BCUT2D eigenvalue weighted by Crippen LogP contribution is 2.40. The summed E-state index contributed by atoms with van der Waals surface area (Å²) in [5.74, 6) is -0.0721. The molecule has 1 rings (SSSR count). The fraction of sp³-hybridized carbons (Fsp3) is 0.864. The highest BCUT2D eigenvalue weighted by molar-refractivity contribution is 6.80. The van der Waals surface area contributed by atoms with Crippen molar-refractivity contribution in [3.63, 3.8) is 0 Å². The lowest BCUT2D eigenvalue weighted by Crippen LogP contribution is -2.45. The zero-order valence-corrected chi connectivity index (χ0v) is 22.7. The number of hydrogen-bond acceptors (Lipinski definition) is 4. The van der Waals surface area contributed by atoms with Gasteiger partial charge in [-0.15, -0.1) is 11.6 Å². The number of ketones is 1. The van der Waals surface area contributed by atoms with Gasteiger partial charge in [-0.2, -0.15) is 0 Å². The fourth-order valence-electron chi connectivity index (χ4n) is 3.14. The van der Waals surface area contributed by atoms with Crippen molar-refractivity contribution in [3.8, 4) is 0 Å². The summed E-state index contributed by atoms with van der Waals surface area (Å²) in [4.78, 5) is 12.8. The van der Waals surface area contributed by atoms with Gasteiger partial charge in [0.2, 0.25) is 0 Å². The predicted octanol–water partition coefficient (Wildman–Crippen LogP) is 5.70. The average Bonchev–Trinajstić information content (AvgIpc) is 2.94. The van der Waals surface area contributed by atoms with Crippen molar-refractivity contribution in [2.24, 2.45) is 0 Å². The van der Waals surface area contributed by atoms with Gasteiger partial charge in [0.15, 0.2) is 14.1 Å². The van der Waals surface area contributed by atoms with Crippen LogP contribution in [0.1, 0.15) is 53.4 Å². The highest BCUT2D eigenvalue weighted by Gasteiger charge is 2.45. The van der Waals surface area contributed by atoms with Gasteiger partial charge < -0.3 is 14.3 Å². The molecular formula is C22H43ClO4Si2. The first-order valence-electron chi connectivity index (χ1n) is 10.9. The number of ether oxygens (including phenoxy) is 1. The van der Waals surface area contributed by atoms with Crippen LogP contribution in [-0.2, 0) is 14.0 Å². The molecule has 4 nitrogen and oxygen atoms in total. The minimum absolute atomic E-state index is 0.0306. The van der Waals surface area contributed by atoms with Crippen LogP contribution in [0.15, 0.2) is 11.8 Å². The van der Waals surface area contributed by atoms with E-state index in [1.54, 1.807) is 0 Å². The van der Waals surface area contributed by atoms with Crippen LogP contribution in [0, 0.1) is 0 Å². The molecule has 5 atom stereocenters. The largest absolute Gasteiger partial charge is 0.411 e. The molecule has 1 saturated heterocycles. The molecule has 1 heterocycles. The summed E-state index contributed by atoms with van der Waals surface area (Å²) < 4.78 is 12.6. The third kappa shape index (κ3) is 8.58. The van der Waals surface area contributed by atoms with Crippen LogP contribution in [0.4, 0.5) is 0 Å². The van der Waals surface area contributed by atoms with Gasteiger partial charge in [0, 0.05) is 12.8 Å². The Morgan fingerprint density at radius 3 is 2.34 bits per heavy atom. The summed E-state index contributed by atoms with van der Waals surface area (Å²) in [6, 6.07) is 0. The van der Waals surface area contributed by atoms with Crippen LogP contribution in [0.25, 0.3) is 0 Å². The number of rotatable bonds is 10. The normalized spacial score (nSPS) is 26.1. The molecule has 1 aliphatic heterocycles. The number of hydrogen-bond donors (Lipinski definition) is 1. The molecule has 0 amide bonds. The zero-order chi connectivity index (χ0) is 22.6. The van der Waals surface area contributed by atoms with Crippen LogP contribution in [0.5, 0.6) is 0 Å². The van der Waals surface area contributed by atoms with Gasteiger partial charge in [0.1, 0.15) is 6.10 Å². The van der Waals surface area contributed by atoms with E-state index in [1.807, 2.05) is 6.08 Å². The van der Waals surface area contributed by atoms with Gasteiger partial charge in [-0.25, -0.2) is 0 Å². The van der Waals surface area contributed by atoms with Crippen molar-refractivity contribution >= 4 is 33.8 Å². The summed E-state index contributed by atoms with van der Waals surface area (Å²) in [6.45, 7) is 19.9. The second-order valence-corrected chi connectivity index (χ2v) is 21.4. The second-order valence-electron chi connectivity index (χ2n) is 11.0. The molecule has 0 aromatic rings. The third-order valence-corrected chi connectivity index (χ3v) is 12.2. The van der Waals surface area contributed by atoms with Crippen LogP contribution in [-0.4, -0.2) is 57.1 Å². The number of halogens is 1. The van der Waals surface area contributed by atoms with E-state index in [-0.39, 0.29) is 29.5 Å². The standard InChI is InChI=1S/C22H43ClO4Si2/c1-10-19-21(27-29(8,9)22(2,3)4)15-20(26-19)18(25)14-17(24)16(23)12-11-13-28(5,6)7/h11,13,16-17,19-21,24H,10,12,14-15H2,1-9H3/b13-11-/t16-,17+,19-,20-,21-/m1/s1. The smallest absolute Gasteiger partial charge is 0.192 e. The van der Waals surface area contributed by atoms with Crippen molar-refractivity contribution in [2.75, 3.05) is 0 Å². The quantitative estimate of drug-likeness (QED) is 0.334. The van der Waals surface area contributed by atoms with Gasteiger partial charge >= 0.3 is 0 Å². The van der Waals surface area contributed by atoms with Crippen molar-refractivity contribution in [1.82, 2.24) is 0 Å². The molecule has 0 aromatic heterocycles. The van der Waals surface area contributed by atoms with Gasteiger partial charge in [0.25, 0.3) is 0 Å².